The zero-order chi connectivity index (χ0) is 17.2. The Labute approximate surface area is 143 Å². The lowest BCUT2D eigenvalue weighted by Crippen LogP contribution is -2.11. The van der Waals surface area contributed by atoms with E-state index in [0.29, 0.717) is 18.8 Å². The molecule has 3 heterocycles. The number of aryl methyl sites for hydroxylation is 2. The van der Waals surface area contributed by atoms with E-state index in [9.17, 15) is 4.79 Å². The highest BCUT2D eigenvalue weighted by atomic mass is 16.7. The van der Waals surface area contributed by atoms with Gasteiger partial charge < -0.3 is 14.0 Å². The van der Waals surface area contributed by atoms with E-state index in [1.165, 1.54) is 5.56 Å². The van der Waals surface area contributed by atoms with Gasteiger partial charge in [0.25, 0.3) is 0 Å². The topological polar surface area (TPSA) is 97.8 Å². The second-order valence-electron chi connectivity index (χ2n) is 6.15. The Morgan fingerprint density at radius 2 is 2.20 bits per heavy atom. The van der Waals surface area contributed by atoms with Crippen LogP contribution < -0.4 is 15.2 Å². The highest BCUT2D eigenvalue weighted by Crippen LogP contribution is 2.33. The third-order valence-electron chi connectivity index (χ3n) is 4.31. The molecule has 8 heteroatoms. The number of aromatic nitrogens is 5. The van der Waals surface area contributed by atoms with Gasteiger partial charge in [-0.05, 0) is 24.1 Å². The molecule has 1 unspecified atom stereocenters. The van der Waals surface area contributed by atoms with Crippen LogP contribution in [0.1, 0.15) is 30.1 Å². The minimum Gasteiger partial charge on any atom is -0.454 e. The summed E-state index contributed by atoms with van der Waals surface area (Å²) in [6.07, 6.45) is 5.25. The maximum Gasteiger partial charge on any atom is 0.340 e. The normalized spacial score (nSPS) is 14.0. The van der Waals surface area contributed by atoms with E-state index in [1.807, 2.05) is 18.3 Å². The first kappa shape index (κ1) is 15.5. The number of hydrogen-bond acceptors (Lipinski definition) is 5. The van der Waals surface area contributed by atoms with Gasteiger partial charge >= 0.3 is 5.69 Å². The Balaban J connectivity index is 1.44. The molecular weight excluding hydrogens is 322 g/mol. The van der Waals surface area contributed by atoms with Gasteiger partial charge in [0.2, 0.25) is 6.79 Å². The number of rotatable bonds is 6. The lowest BCUT2D eigenvalue weighted by molar-refractivity contribution is 0.174. The van der Waals surface area contributed by atoms with Gasteiger partial charge in [0.15, 0.2) is 11.5 Å². The Morgan fingerprint density at radius 1 is 1.32 bits per heavy atom. The minimum absolute atomic E-state index is 0.244. The van der Waals surface area contributed by atoms with Crippen molar-refractivity contribution in [2.45, 2.75) is 32.2 Å². The molecule has 1 aliphatic heterocycles. The average molecular weight is 341 g/mol. The molecular formula is C17H19N5O3. The molecule has 0 amide bonds. The SMILES string of the molecule is CC(Cc1ccc2c(c1)OCO2)c1nccn1CCc1n[nH]c(=O)[nH]1. The number of fused-ring (bicyclic) bond motifs is 1. The van der Waals surface area contributed by atoms with Crippen LogP contribution in [-0.2, 0) is 19.4 Å². The smallest absolute Gasteiger partial charge is 0.340 e. The van der Waals surface area contributed by atoms with Gasteiger partial charge in [0.1, 0.15) is 11.6 Å². The summed E-state index contributed by atoms with van der Waals surface area (Å²) in [5.41, 5.74) is 0.903. The molecule has 1 aromatic carbocycles. The molecule has 1 atom stereocenters. The van der Waals surface area contributed by atoms with Crippen LogP contribution in [-0.4, -0.2) is 31.5 Å². The average Bonchev–Trinajstić information content (AvgIpc) is 3.32. The molecule has 2 N–H and O–H groups in total. The molecule has 0 fully saturated rings. The predicted octanol–water partition coefficient (Wildman–Crippen LogP) is 1.61. The fraction of sp³-hybridized carbons (Fsp3) is 0.353. The second-order valence-corrected chi connectivity index (χ2v) is 6.15. The maximum absolute atomic E-state index is 11.1. The van der Waals surface area contributed by atoms with Crippen molar-refractivity contribution in [2.24, 2.45) is 0 Å². The first-order valence-electron chi connectivity index (χ1n) is 8.22. The highest BCUT2D eigenvalue weighted by Gasteiger charge is 2.17. The van der Waals surface area contributed by atoms with Crippen LogP contribution in [0.5, 0.6) is 11.5 Å². The zero-order valence-electron chi connectivity index (χ0n) is 13.9. The molecule has 4 rings (SSSR count). The van der Waals surface area contributed by atoms with Crippen molar-refractivity contribution in [3.63, 3.8) is 0 Å². The number of benzene rings is 1. The first-order valence-corrected chi connectivity index (χ1v) is 8.22. The van der Waals surface area contributed by atoms with Crippen molar-refractivity contribution in [1.82, 2.24) is 24.7 Å². The van der Waals surface area contributed by atoms with Crippen molar-refractivity contribution in [1.29, 1.82) is 0 Å². The largest absolute Gasteiger partial charge is 0.454 e. The lowest BCUT2D eigenvalue weighted by Gasteiger charge is -2.14. The summed E-state index contributed by atoms with van der Waals surface area (Å²) >= 11 is 0. The standard InChI is InChI=1S/C17H19N5O3/c1-11(8-12-2-3-13-14(9-12)25-10-24-13)16-18-5-7-22(16)6-4-15-19-17(23)21-20-15/h2-3,5,7,9,11H,4,6,8,10H2,1H3,(H2,19,20,21,23). The number of imidazole rings is 1. The number of nitrogens with zero attached hydrogens (tertiary/aromatic N) is 3. The van der Waals surface area contributed by atoms with E-state index >= 15 is 0 Å². The summed E-state index contributed by atoms with van der Waals surface area (Å²) in [6, 6.07) is 6.04. The Bertz CT molecular complexity index is 926. The molecule has 2 aromatic heterocycles. The third-order valence-corrected chi connectivity index (χ3v) is 4.31. The predicted molar refractivity (Wildman–Crippen MR) is 89.8 cm³/mol. The summed E-state index contributed by atoms with van der Waals surface area (Å²) in [6.45, 7) is 3.15. The number of ether oxygens (including phenoxy) is 2. The molecule has 130 valence electrons. The van der Waals surface area contributed by atoms with Crippen molar-refractivity contribution >= 4 is 0 Å². The number of hydrogen-bond donors (Lipinski definition) is 2. The molecule has 0 saturated carbocycles. The van der Waals surface area contributed by atoms with Gasteiger partial charge in [0, 0.05) is 31.3 Å². The zero-order valence-corrected chi connectivity index (χ0v) is 13.9. The van der Waals surface area contributed by atoms with E-state index in [0.717, 1.165) is 23.7 Å². The second kappa shape index (κ2) is 6.46. The van der Waals surface area contributed by atoms with E-state index in [2.05, 4.69) is 37.7 Å². The summed E-state index contributed by atoms with van der Waals surface area (Å²) < 4.78 is 12.9. The number of nitrogens with one attached hydrogen (secondary N) is 2. The monoisotopic (exact) mass is 341 g/mol. The van der Waals surface area contributed by atoms with Crippen LogP contribution in [0.15, 0.2) is 35.4 Å². The fourth-order valence-electron chi connectivity index (χ4n) is 3.10. The molecule has 25 heavy (non-hydrogen) atoms. The van der Waals surface area contributed by atoms with Gasteiger partial charge in [-0.2, -0.15) is 5.10 Å². The van der Waals surface area contributed by atoms with E-state index in [-0.39, 0.29) is 18.4 Å². The molecule has 8 nitrogen and oxygen atoms in total. The van der Waals surface area contributed by atoms with Crippen LogP contribution in [0, 0.1) is 0 Å². The van der Waals surface area contributed by atoms with Crippen LogP contribution >= 0.6 is 0 Å². The van der Waals surface area contributed by atoms with Crippen LogP contribution in [0.25, 0.3) is 0 Å². The molecule has 1 aliphatic rings. The van der Waals surface area contributed by atoms with Crippen LogP contribution in [0.3, 0.4) is 0 Å². The maximum atomic E-state index is 11.1. The van der Waals surface area contributed by atoms with Crippen molar-refractivity contribution in [3.05, 3.63) is 58.3 Å². The van der Waals surface area contributed by atoms with Crippen LogP contribution in [0.2, 0.25) is 0 Å². The Hall–Kier alpha value is -3.03. The van der Waals surface area contributed by atoms with Gasteiger partial charge in [-0.1, -0.05) is 13.0 Å². The van der Waals surface area contributed by atoms with Gasteiger partial charge in [0.05, 0.1) is 0 Å². The molecule has 3 aromatic rings. The summed E-state index contributed by atoms with van der Waals surface area (Å²) in [5.74, 6) is 3.50. The molecule has 0 bridgehead atoms. The lowest BCUT2D eigenvalue weighted by atomic mass is 10.00. The number of H-pyrrole nitrogens is 2. The number of aromatic amines is 2. The van der Waals surface area contributed by atoms with E-state index in [4.69, 9.17) is 9.47 Å². The van der Waals surface area contributed by atoms with Crippen molar-refractivity contribution in [2.75, 3.05) is 6.79 Å². The van der Waals surface area contributed by atoms with E-state index in [1.54, 1.807) is 6.20 Å². The summed E-state index contributed by atoms with van der Waals surface area (Å²) in [4.78, 5) is 18.3. The Kier molecular flexibility index (Phi) is 4.01. The van der Waals surface area contributed by atoms with Gasteiger partial charge in [-0.25, -0.2) is 14.9 Å². The minimum atomic E-state index is -0.281. The van der Waals surface area contributed by atoms with E-state index < -0.39 is 0 Å². The summed E-state index contributed by atoms with van der Waals surface area (Å²) in [7, 11) is 0. The highest BCUT2D eigenvalue weighted by molar-refractivity contribution is 5.44. The van der Waals surface area contributed by atoms with Gasteiger partial charge in [-0.15, -0.1) is 0 Å². The van der Waals surface area contributed by atoms with Crippen molar-refractivity contribution in [3.8, 4) is 11.5 Å². The first-order chi connectivity index (χ1) is 12.2. The fourth-order valence-corrected chi connectivity index (χ4v) is 3.10. The molecule has 0 aliphatic carbocycles. The van der Waals surface area contributed by atoms with Gasteiger partial charge in [-0.3, -0.25) is 4.98 Å². The van der Waals surface area contributed by atoms with Crippen molar-refractivity contribution < 1.29 is 9.47 Å². The summed E-state index contributed by atoms with van der Waals surface area (Å²) in [5, 5.41) is 6.32. The molecule has 0 spiro atoms. The Morgan fingerprint density at radius 3 is 3.04 bits per heavy atom. The van der Waals surface area contributed by atoms with Crippen LogP contribution in [0.4, 0.5) is 0 Å². The third kappa shape index (κ3) is 3.28. The molecule has 0 saturated heterocycles. The molecule has 0 radical (unpaired) electrons. The quantitative estimate of drug-likeness (QED) is 0.710.